The molecule has 1 saturated heterocycles. The summed E-state index contributed by atoms with van der Waals surface area (Å²) >= 11 is 0. The summed E-state index contributed by atoms with van der Waals surface area (Å²) in [6, 6.07) is 7.51. The predicted molar refractivity (Wildman–Crippen MR) is 73.6 cm³/mol. The molecule has 3 heterocycles. The molecule has 0 N–H and O–H groups in total. The summed E-state index contributed by atoms with van der Waals surface area (Å²) in [6.45, 7) is 1.88. The highest BCUT2D eigenvalue weighted by Gasteiger charge is 2.38. The SMILES string of the molecule is O=c1c2ccccc2nc2n1CCC1(CC2)OCCO1. The van der Waals surface area contributed by atoms with Gasteiger partial charge < -0.3 is 9.47 Å². The molecule has 2 aliphatic rings. The van der Waals surface area contributed by atoms with Crippen molar-refractivity contribution in [2.45, 2.75) is 31.6 Å². The molecule has 0 bridgehead atoms. The highest BCUT2D eigenvalue weighted by molar-refractivity contribution is 5.77. The van der Waals surface area contributed by atoms with Gasteiger partial charge in [0.2, 0.25) is 0 Å². The second kappa shape index (κ2) is 4.40. The normalized spacial score (nSPS) is 21.0. The van der Waals surface area contributed by atoms with Crippen molar-refractivity contribution >= 4 is 10.9 Å². The Bertz CT molecular complexity index is 717. The van der Waals surface area contributed by atoms with Crippen molar-refractivity contribution in [2.75, 3.05) is 13.2 Å². The Morgan fingerprint density at radius 2 is 1.95 bits per heavy atom. The van der Waals surface area contributed by atoms with Crippen LogP contribution in [0.1, 0.15) is 18.7 Å². The number of hydrogen-bond donors (Lipinski definition) is 0. The van der Waals surface area contributed by atoms with E-state index in [-0.39, 0.29) is 5.56 Å². The Kier molecular flexibility index (Phi) is 2.65. The maximum Gasteiger partial charge on any atom is 0.261 e. The highest BCUT2D eigenvalue weighted by atomic mass is 16.7. The largest absolute Gasteiger partial charge is 0.347 e. The van der Waals surface area contributed by atoms with E-state index in [9.17, 15) is 4.79 Å². The van der Waals surface area contributed by atoms with Crippen LogP contribution in [0.3, 0.4) is 0 Å². The molecule has 0 radical (unpaired) electrons. The van der Waals surface area contributed by atoms with Crippen LogP contribution in [0.2, 0.25) is 0 Å². The van der Waals surface area contributed by atoms with Gasteiger partial charge in [-0.15, -0.1) is 0 Å². The fraction of sp³-hybridized carbons (Fsp3) is 0.467. The molecular formula is C15H16N2O3. The molecule has 1 fully saturated rings. The van der Waals surface area contributed by atoms with Crippen LogP contribution in [-0.4, -0.2) is 28.6 Å². The van der Waals surface area contributed by atoms with Crippen molar-refractivity contribution in [1.82, 2.24) is 9.55 Å². The van der Waals surface area contributed by atoms with Crippen molar-refractivity contribution in [3.8, 4) is 0 Å². The van der Waals surface area contributed by atoms with Crippen LogP contribution in [0.15, 0.2) is 29.1 Å². The zero-order valence-electron chi connectivity index (χ0n) is 11.2. The van der Waals surface area contributed by atoms with E-state index >= 15 is 0 Å². The van der Waals surface area contributed by atoms with Crippen molar-refractivity contribution < 1.29 is 9.47 Å². The van der Waals surface area contributed by atoms with Crippen LogP contribution < -0.4 is 5.56 Å². The summed E-state index contributed by atoms with van der Waals surface area (Å²) in [6.07, 6.45) is 2.18. The van der Waals surface area contributed by atoms with Crippen LogP contribution in [0.25, 0.3) is 10.9 Å². The smallest absolute Gasteiger partial charge is 0.261 e. The van der Waals surface area contributed by atoms with E-state index in [0.29, 0.717) is 38.0 Å². The second-order valence-corrected chi connectivity index (χ2v) is 5.36. The third-order valence-corrected chi connectivity index (χ3v) is 4.20. The van der Waals surface area contributed by atoms with E-state index in [1.54, 1.807) is 4.57 Å². The molecule has 1 aromatic carbocycles. The zero-order chi connectivity index (χ0) is 13.6. The lowest BCUT2D eigenvalue weighted by atomic mass is 10.1. The number of benzene rings is 1. The van der Waals surface area contributed by atoms with Gasteiger partial charge in [-0.3, -0.25) is 9.36 Å². The molecule has 20 heavy (non-hydrogen) atoms. The monoisotopic (exact) mass is 272 g/mol. The standard InChI is InChI=1S/C15H16N2O3/c18-14-11-3-1-2-4-12(11)16-13-5-6-15(7-8-17(13)14)19-9-10-20-15/h1-4H,5-10H2. The van der Waals surface area contributed by atoms with Crippen molar-refractivity contribution in [1.29, 1.82) is 0 Å². The zero-order valence-corrected chi connectivity index (χ0v) is 11.2. The summed E-state index contributed by atoms with van der Waals surface area (Å²) < 4.78 is 13.3. The molecule has 2 aliphatic heterocycles. The van der Waals surface area contributed by atoms with Gasteiger partial charge in [-0.2, -0.15) is 0 Å². The third kappa shape index (κ3) is 1.77. The summed E-state index contributed by atoms with van der Waals surface area (Å²) in [5.74, 6) is 0.330. The number of nitrogens with zero attached hydrogens (tertiary/aromatic N) is 2. The number of rotatable bonds is 0. The predicted octanol–water partition coefficient (Wildman–Crippen LogP) is 1.48. The van der Waals surface area contributed by atoms with Gasteiger partial charge in [0.25, 0.3) is 5.56 Å². The van der Waals surface area contributed by atoms with Gasteiger partial charge in [0.1, 0.15) is 5.82 Å². The van der Waals surface area contributed by atoms with Gasteiger partial charge in [0.15, 0.2) is 5.79 Å². The molecule has 0 saturated carbocycles. The molecule has 1 aromatic heterocycles. The molecule has 104 valence electrons. The Morgan fingerprint density at radius 3 is 2.80 bits per heavy atom. The number of fused-ring (bicyclic) bond motifs is 2. The minimum absolute atomic E-state index is 0.0423. The molecule has 1 spiro atoms. The molecular weight excluding hydrogens is 256 g/mol. The maximum absolute atomic E-state index is 12.6. The molecule has 0 aliphatic carbocycles. The highest BCUT2D eigenvalue weighted by Crippen LogP contribution is 2.31. The van der Waals surface area contributed by atoms with E-state index < -0.39 is 5.79 Å². The maximum atomic E-state index is 12.6. The number of hydrogen-bond acceptors (Lipinski definition) is 4. The fourth-order valence-corrected chi connectivity index (χ4v) is 3.13. The number of aryl methyl sites for hydroxylation is 1. The van der Waals surface area contributed by atoms with E-state index in [4.69, 9.17) is 9.47 Å². The average molecular weight is 272 g/mol. The summed E-state index contributed by atoms with van der Waals surface area (Å²) in [7, 11) is 0. The minimum atomic E-state index is -0.508. The summed E-state index contributed by atoms with van der Waals surface area (Å²) in [4.78, 5) is 17.2. The summed E-state index contributed by atoms with van der Waals surface area (Å²) in [5, 5.41) is 0.681. The van der Waals surface area contributed by atoms with E-state index in [1.165, 1.54) is 0 Å². The molecule has 2 aromatic rings. The topological polar surface area (TPSA) is 53.4 Å². The van der Waals surface area contributed by atoms with Crippen LogP contribution in [0.4, 0.5) is 0 Å². The first kappa shape index (κ1) is 12.1. The molecule has 4 rings (SSSR count). The van der Waals surface area contributed by atoms with Gasteiger partial charge in [0, 0.05) is 25.8 Å². The quantitative estimate of drug-likeness (QED) is 0.729. The van der Waals surface area contributed by atoms with Gasteiger partial charge in [-0.25, -0.2) is 4.98 Å². The molecule has 5 heteroatoms. The van der Waals surface area contributed by atoms with Crippen LogP contribution >= 0.6 is 0 Å². The fourth-order valence-electron chi connectivity index (χ4n) is 3.13. The van der Waals surface area contributed by atoms with E-state index in [1.807, 2.05) is 24.3 Å². The van der Waals surface area contributed by atoms with E-state index in [0.717, 1.165) is 17.8 Å². The van der Waals surface area contributed by atoms with E-state index in [2.05, 4.69) is 4.98 Å². The lowest BCUT2D eigenvalue weighted by Crippen LogP contribution is -2.31. The molecule has 5 nitrogen and oxygen atoms in total. The minimum Gasteiger partial charge on any atom is -0.347 e. The van der Waals surface area contributed by atoms with Gasteiger partial charge in [-0.05, 0) is 12.1 Å². The lowest BCUT2D eigenvalue weighted by molar-refractivity contribution is -0.165. The number of ether oxygens (including phenoxy) is 2. The van der Waals surface area contributed by atoms with Gasteiger partial charge >= 0.3 is 0 Å². The van der Waals surface area contributed by atoms with Crippen LogP contribution in [0.5, 0.6) is 0 Å². The number of para-hydroxylation sites is 1. The Morgan fingerprint density at radius 1 is 1.15 bits per heavy atom. The molecule has 0 atom stereocenters. The first-order chi connectivity index (χ1) is 9.77. The van der Waals surface area contributed by atoms with Crippen molar-refractivity contribution in [2.24, 2.45) is 0 Å². The first-order valence-electron chi connectivity index (χ1n) is 7.04. The first-order valence-corrected chi connectivity index (χ1v) is 7.04. The van der Waals surface area contributed by atoms with Crippen molar-refractivity contribution in [3.05, 3.63) is 40.4 Å². The molecule has 0 amide bonds. The Balaban J connectivity index is 1.82. The Labute approximate surface area is 116 Å². The van der Waals surface area contributed by atoms with Crippen molar-refractivity contribution in [3.63, 3.8) is 0 Å². The lowest BCUT2D eigenvalue weighted by Gasteiger charge is -2.24. The second-order valence-electron chi connectivity index (χ2n) is 5.36. The van der Waals surface area contributed by atoms with Crippen LogP contribution in [0, 0.1) is 0 Å². The van der Waals surface area contributed by atoms with Gasteiger partial charge in [0.05, 0.1) is 24.1 Å². The van der Waals surface area contributed by atoms with Crippen LogP contribution in [-0.2, 0) is 22.4 Å². The average Bonchev–Trinajstić information content (AvgIpc) is 2.85. The van der Waals surface area contributed by atoms with Gasteiger partial charge in [-0.1, -0.05) is 12.1 Å². The number of aromatic nitrogens is 2. The molecule has 0 unspecified atom stereocenters. The Hall–Kier alpha value is -1.72. The third-order valence-electron chi connectivity index (χ3n) is 4.20. The summed E-state index contributed by atoms with van der Waals surface area (Å²) in [5.41, 5.74) is 0.814.